The molecule has 1 unspecified atom stereocenters. The predicted molar refractivity (Wildman–Crippen MR) is 80.8 cm³/mol. The fourth-order valence-electron chi connectivity index (χ4n) is 1.87. The molecule has 0 heterocycles. The largest absolute Gasteiger partial charge is 0.755 e. The Morgan fingerprint density at radius 1 is 1.17 bits per heavy atom. The van der Waals surface area contributed by atoms with E-state index in [0.717, 1.165) is 6.07 Å². The third kappa shape index (κ3) is 3.20. The number of nitrogens with zero attached hydrogens (tertiary/aromatic N) is 1. The van der Waals surface area contributed by atoms with Gasteiger partial charge in [0.1, 0.15) is 5.56 Å². The van der Waals surface area contributed by atoms with Crippen molar-refractivity contribution in [3.8, 4) is 0 Å². The lowest BCUT2D eigenvalue weighted by atomic mass is 10.1. The standard InChI is InChI=1S/C13H6Cl2F3NO4S/c14-5-2-1-3-7(10(5)15)19(24(22)23)8-4-6(16)11(17)9(12(8)18)13(20)21/h1-4H,(H,20,21)(H,22,23)/p-1. The van der Waals surface area contributed by atoms with Crippen molar-refractivity contribution in [1.82, 2.24) is 0 Å². The summed E-state index contributed by atoms with van der Waals surface area (Å²) in [5, 5.41) is 8.41. The van der Waals surface area contributed by atoms with E-state index >= 15 is 0 Å². The molecule has 0 aromatic heterocycles. The number of hydrogen-bond acceptors (Lipinski definition) is 3. The summed E-state index contributed by atoms with van der Waals surface area (Å²) in [7, 11) is 0. The first kappa shape index (κ1) is 18.5. The Kier molecular flexibility index (Phi) is 5.38. The molecule has 5 nitrogen and oxygen atoms in total. The van der Waals surface area contributed by atoms with E-state index in [1.165, 1.54) is 12.1 Å². The molecule has 0 saturated heterocycles. The monoisotopic (exact) mass is 398 g/mol. The van der Waals surface area contributed by atoms with Gasteiger partial charge in [-0.1, -0.05) is 29.3 Å². The second kappa shape index (κ2) is 6.98. The van der Waals surface area contributed by atoms with E-state index in [1.807, 2.05) is 0 Å². The van der Waals surface area contributed by atoms with Gasteiger partial charge in [-0.25, -0.2) is 18.0 Å². The van der Waals surface area contributed by atoms with Crippen molar-refractivity contribution < 1.29 is 31.8 Å². The summed E-state index contributed by atoms with van der Waals surface area (Å²) in [6.07, 6.45) is 0. The lowest BCUT2D eigenvalue weighted by Crippen LogP contribution is -2.23. The molecular weight excluding hydrogens is 394 g/mol. The molecule has 0 bridgehead atoms. The average molecular weight is 399 g/mol. The van der Waals surface area contributed by atoms with Crippen LogP contribution in [0.15, 0.2) is 24.3 Å². The Labute approximate surface area is 145 Å². The number of carboxylic acids is 1. The third-order valence-corrected chi connectivity index (χ3v) is 4.37. The van der Waals surface area contributed by atoms with Crippen LogP contribution >= 0.6 is 23.2 Å². The van der Waals surface area contributed by atoms with Gasteiger partial charge in [-0.15, -0.1) is 0 Å². The van der Waals surface area contributed by atoms with Crippen LogP contribution in [0.2, 0.25) is 10.0 Å². The zero-order valence-electron chi connectivity index (χ0n) is 11.2. The summed E-state index contributed by atoms with van der Waals surface area (Å²) in [5.74, 6) is -7.61. The van der Waals surface area contributed by atoms with E-state index in [2.05, 4.69) is 0 Å². The summed E-state index contributed by atoms with van der Waals surface area (Å²) in [4.78, 5) is 10.9. The lowest BCUT2D eigenvalue weighted by molar-refractivity contribution is 0.0685. The Balaban J connectivity index is 2.81. The third-order valence-electron chi connectivity index (χ3n) is 2.87. The van der Waals surface area contributed by atoms with Crippen molar-refractivity contribution in [2.45, 2.75) is 0 Å². The van der Waals surface area contributed by atoms with Gasteiger partial charge in [0.05, 0.1) is 32.7 Å². The van der Waals surface area contributed by atoms with Crippen LogP contribution in [-0.4, -0.2) is 19.8 Å². The van der Waals surface area contributed by atoms with Crippen molar-refractivity contribution in [2.24, 2.45) is 0 Å². The van der Waals surface area contributed by atoms with E-state index in [-0.39, 0.29) is 26.1 Å². The van der Waals surface area contributed by atoms with Crippen LogP contribution in [0.3, 0.4) is 0 Å². The molecule has 0 saturated carbocycles. The molecule has 2 aromatic rings. The summed E-state index contributed by atoms with van der Waals surface area (Å²) in [6.45, 7) is 0. The summed E-state index contributed by atoms with van der Waals surface area (Å²) in [5.41, 5.74) is -3.08. The van der Waals surface area contributed by atoms with Crippen molar-refractivity contribution in [3.63, 3.8) is 0 Å². The predicted octanol–water partition coefficient (Wildman–Crippen LogP) is 4.04. The maximum absolute atomic E-state index is 14.3. The number of carbonyl (C=O) groups is 1. The first-order valence-corrected chi connectivity index (χ1v) is 7.69. The van der Waals surface area contributed by atoms with Crippen molar-refractivity contribution in [3.05, 3.63) is 57.3 Å². The molecule has 1 N–H and O–H groups in total. The van der Waals surface area contributed by atoms with Gasteiger partial charge in [-0.2, -0.15) is 0 Å². The Bertz CT molecular complexity index is 866. The number of hydrogen-bond donors (Lipinski definition) is 1. The van der Waals surface area contributed by atoms with E-state index < -0.39 is 45.9 Å². The fraction of sp³-hybridized carbons (Fsp3) is 0. The number of rotatable bonds is 4. The van der Waals surface area contributed by atoms with E-state index in [0.29, 0.717) is 0 Å². The molecule has 0 amide bonds. The van der Waals surface area contributed by atoms with Gasteiger partial charge in [0, 0.05) is 6.07 Å². The molecule has 128 valence electrons. The summed E-state index contributed by atoms with van der Waals surface area (Å²) < 4.78 is 64.5. The number of aromatic carboxylic acids is 1. The van der Waals surface area contributed by atoms with Gasteiger partial charge in [0.15, 0.2) is 17.5 Å². The van der Waals surface area contributed by atoms with Crippen LogP contribution in [0.1, 0.15) is 10.4 Å². The fourth-order valence-corrected chi connectivity index (χ4v) is 2.90. The normalized spacial score (nSPS) is 12.1. The van der Waals surface area contributed by atoms with Crippen molar-refractivity contribution in [1.29, 1.82) is 0 Å². The minimum Gasteiger partial charge on any atom is -0.755 e. The molecule has 0 spiro atoms. The molecule has 24 heavy (non-hydrogen) atoms. The van der Waals surface area contributed by atoms with Crippen LogP contribution < -0.4 is 4.31 Å². The average Bonchev–Trinajstić information content (AvgIpc) is 2.48. The molecular formula is C13H5Cl2F3NO4S-. The molecule has 0 radical (unpaired) electrons. The second-order valence-corrected chi connectivity index (χ2v) is 5.85. The van der Waals surface area contributed by atoms with Gasteiger partial charge < -0.3 is 9.66 Å². The SMILES string of the molecule is O=C(O)c1c(F)c(F)cc(N(c2cccc(Cl)c2Cl)S(=O)[O-])c1F. The highest BCUT2D eigenvalue weighted by Gasteiger charge is 2.28. The summed E-state index contributed by atoms with van der Waals surface area (Å²) in [6, 6.07) is 3.90. The van der Waals surface area contributed by atoms with Gasteiger partial charge >= 0.3 is 5.97 Å². The van der Waals surface area contributed by atoms with Crippen LogP contribution in [0.4, 0.5) is 24.5 Å². The number of benzene rings is 2. The molecule has 0 aliphatic rings. The van der Waals surface area contributed by atoms with Crippen molar-refractivity contribution >= 4 is 51.8 Å². The van der Waals surface area contributed by atoms with Gasteiger partial charge in [0.2, 0.25) is 0 Å². The number of anilines is 2. The highest BCUT2D eigenvalue weighted by molar-refractivity contribution is 7.81. The molecule has 0 aliphatic carbocycles. The number of carboxylic acid groups (broad SMARTS) is 1. The van der Waals surface area contributed by atoms with Crippen LogP contribution in [-0.2, 0) is 11.3 Å². The maximum Gasteiger partial charge on any atom is 0.341 e. The van der Waals surface area contributed by atoms with Gasteiger partial charge in [-0.05, 0) is 12.1 Å². The van der Waals surface area contributed by atoms with E-state index in [9.17, 15) is 26.7 Å². The van der Waals surface area contributed by atoms with Gasteiger partial charge in [0.25, 0.3) is 0 Å². The highest BCUT2D eigenvalue weighted by atomic mass is 35.5. The van der Waals surface area contributed by atoms with Crippen LogP contribution in [0, 0.1) is 17.5 Å². The lowest BCUT2D eigenvalue weighted by Gasteiger charge is -2.28. The van der Waals surface area contributed by atoms with Gasteiger partial charge in [-0.3, -0.25) is 8.51 Å². The molecule has 2 rings (SSSR count). The second-order valence-electron chi connectivity index (χ2n) is 4.27. The maximum atomic E-state index is 14.3. The Morgan fingerprint density at radius 3 is 2.33 bits per heavy atom. The van der Waals surface area contributed by atoms with Crippen molar-refractivity contribution in [2.75, 3.05) is 4.31 Å². The molecule has 11 heteroatoms. The minimum atomic E-state index is -3.25. The Morgan fingerprint density at radius 2 is 1.79 bits per heavy atom. The van der Waals surface area contributed by atoms with Crippen LogP contribution in [0.5, 0.6) is 0 Å². The molecule has 1 atom stereocenters. The van der Waals surface area contributed by atoms with E-state index in [4.69, 9.17) is 28.3 Å². The highest BCUT2D eigenvalue weighted by Crippen LogP contribution is 2.39. The quantitative estimate of drug-likeness (QED) is 0.622. The zero-order valence-corrected chi connectivity index (χ0v) is 13.6. The topological polar surface area (TPSA) is 80.7 Å². The number of halogens is 5. The molecule has 0 aliphatic heterocycles. The molecule has 2 aromatic carbocycles. The van der Waals surface area contributed by atoms with Crippen LogP contribution in [0.25, 0.3) is 0 Å². The molecule has 0 fully saturated rings. The summed E-state index contributed by atoms with van der Waals surface area (Å²) >= 11 is 8.35. The zero-order chi connectivity index (χ0) is 18.2. The Hall–Kier alpha value is -1.81. The smallest absolute Gasteiger partial charge is 0.341 e. The minimum absolute atomic E-state index is 0.0916. The van der Waals surface area contributed by atoms with E-state index in [1.54, 1.807) is 0 Å². The first-order valence-electron chi connectivity index (χ1n) is 5.91. The first-order chi connectivity index (χ1) is 11.2.